The standard InChI is InChI=1S/C21H21N3O/c1-14-19-20(15-8-4-6-10-17(15)22-14)16-9-5-7-11-18(16)24(21(19)25)13-12-23(2)3/h4-11H,12-13H2,1-3H3. The summed E-state index contributed by atoms with van der Waals surface area (Å²) in [5, 5.41) is 3.90. The summed E-state index contributed by atoms with van der Waals surface area (Å²) >= 11 is 0. The molecular formula is C21H21N3O. The van der Waals surface area contributed by atoms with Crippen LogP contribution in [0.4, 0.5) is 0 Å². The molecule has 0 unspecified atom stereocenters. The van der Waals surface area contributed by atoms with Crippen LogP contribution < -0.4 is 5.56 Å². The summed E-state index contributed by atoms with van der Waals surface area (Å²) in [6, 6.07) is 16.2. The molecule has 0 saturated carbocycles. The average molecular weight is 331 g/mol. The highest BCUT2D eigenvalue weighted by Gasteiger charge is 2.16. The number of aryl methyl sites for hydroxylation is 1. The minimum absolute atomic E-state index is 0.0475. The van der Waals surface area contributed by atoms with E-state index >= 15 is 0 Å². The van der Waals surface area contributed by atoms with Gasteiger partial charge in [0.05, 0.1) is 22.1 Å². The van der Waals surface area contributed by atoms with Gasteiger partial charge in [-0.05, 0) is 33.2 Å². The van der Waals surface area contributed by atoms with Gasteiger partial charge >= 0.3 is 0 Å². The fraction of sp³-hybridized carbons (Fsp3) is 0.238. The number of likely N-dealkylation sites (N-methyl/N-ethyl adjacent to an activating group) is 1. The zero-order valence-electron chi connectivity index (χ0n) is 14.8. The predicted molar refractivity (Wildman–Crippen MR) is 104 cm³/mol. The summed E-state index contributed by atoms with van der Waals surface area (Å²) in [6.07, 6.45) is 0. The molecule has 4 heteroatoms. The number of fused-ring (bicyclic) bond motifs is 5. The van der Waals surface area contributed by atoms with E-state index in [1.807, 2.05) is 62.0 Å². The lowest BCUT2D eigenvalue weighted by molar-refractivity contribution is 0.384. The monoisotopic (exact) mass is 331 g/mol. The van der Waals surface area contributed by atoms with Crippen LogP contribution in [0.2, 0.25) is 0 Å². The van der Waals surface area contributed by atoms with E-state index in [1.54, 1.807) is 0 Å². The molecule has 4 rings (SSSR count). The molecule has 0 aliphatic heterocycles. The highest BCUT2D eigenvalue weighted by atomic mass is 16.1. The van der Waals surface area contributed by atoms with Crippen molar-refractivity contribution in [3.8, 4) is 0 Å². The first-order valence-corrected chi connectivity index (χ1v) is 8.53. The smallest absolute Gasteiger partial charge is 0.260 e. The molecule has 0 atom stereocenters. The Kier molecular flexibility index (Phi) is 3.77. The van der Waals surface area contributed by atoms with Crippen LogP contribution in [-0.4, -0.2) is 35.1 Å². The van der Waals surface area contributed by atoms with E-state index in [2.05, 4.69) is 22.0 Å². The van der Waals surface area contributed by atoms with Gasteiger partial charge in [0.1, 0.15) is 0 Å². The van der Waals surface area contributed by atoms with E-state index in [9.17, 15) is 4.79 Å². The molecule has 0 N–H and O–H groups in total. The van der Waals surface area contributed by atoms with Crippen LogP contribution in [0, 0.1) is 6.92 Å². The van der Waals surface area contributed by atoms with Crippen molar-refractivity contribution in [2.45, 2.75) is 13.5 Å². The first-order valence-electron chi connectivity index (χ1n) is 8.53. The molecule has 4 aromatic rings. The van der Waals surface area contributed by atoms with Crippen LogP contribution in [0.15, 0.2) is 53.3 Å². The second-order valence-electron chi connectivity index (χ2n) is 6.74. The maximum Gasteiger partial charge on any atom is 0.260 e. The van der Waals surface area contributed by atoms with E-state index in [1.165, 1.54) is 0 Å². The topological polar surface area (TPSA) is 38.1 Å². The summed E-state index contributed by atoms with van der Waals surface area (Å²) < 4.78 is 1.89. The summed E-state index contributed by atoms with van der Waals surface area (Å²) in [4.78, 5) is 20.1. The van der Waals surface area contributed by atoms with E-state index in [-0.39, 0.29) is 5.56 Å². The van der Waals surface area contributed by atoms with Gasteiger partial charge in [0.2, 0.25) is 0 Å². The lowest BCUT2D eigenvalue weighted by Crippen LogP contribution is -2.27. The molecule has 0 aliphatic carbocycles. The lowest BCUT2D eigenvalue weighted by Gasteiger charge is -2.17. The van der Waals surface area contributed by atoms with Crippen LogP contribution >= 0.6 is 0 Å². The van der Waals surface area contributed by atoms with Crippen molar-refractivity contribution in [2.24, 2.45) is 0 Å². The van der Waals surface area contributed by atoms with Crippen molar-refractivity contribution in [2.75, 3.05) is 20.6 Å². The zero-order valence-corrected chi connectivity index (χ0v) is 14.8. The SMILES string of the molecule is Cc1nc2ccccc2c2c1c(=O)n(CCN(C)C)c1ccccc21. The second kappa shape index (κ2) is 5.97. The van der Waals surface area contributed by atoms with E-state index in [4.69, 9.17) is 0 Å². The van der Waals surface area contributed by atoms with Gasteiger partial charge in [0.25, 0.3) is 5.56 Å². The lowest BCUT2D eigenvalue weighted by atomic mass is 10.0. The van der Waals surface area contributed by atoms with Gasteiger partial charge in [-0.2, -0.15) is 0 Å². The maximum atomic E-state index is 13.3. The van der Waals surface area contributed by atoms with Crippen molar-refractivity contribution in [1.29, 1.82) is 0 Å². The number of benzene rings is 2. The third-order valence-electron chi connectivity index (χ3n) is 4.77. The Hall–Kier alpha value is -2.72. The largest absolute Gasteiger partial charge is 0.308 e. The molecule has 0 aliphatic rings. The molecule has 0 bridgehead atoms. The van der Waals surface area contributed by atoms with Crippen molar-refractivity contribution in [1.82, 2.24) is 14.5 Å². The number of nitrogens with zero attached hydrogens (tertiary/aromatic N) is 3. The van der Waals surface area contributed by atoms with E-state index in [0.717, 1.165) is 44.8 Å². The van der Waals surface area contributed by atoms with Gasteiger partial charge in [0, 0.05) is 29.2 Å². The van der Waals surface area contributed by atoms with Crippen molar-refractivity contribution in [3.05, 3.63) is 64.6 Å². The molecule has 2 aromatic carbocycles. The highest BCUT2D eigenvalue weighted by molar-refractivity contribution is 6.18. The fourth-order valence-corrected chi connectivity index (χ4v) is 3.56. The number of para-hydroxylation sites is 2. The van der Waals surface area contributed by atoms with E-state index in [0.29, 0.717) is 6.54 Å². The molecule has 4 nitrogen and oxygen atoms in total. The molecule has 0 spiro atoms. The Labute approximate surface area is 146 Å². The Morgan fingerprint density at radius 2 is 1.64 bits per heavy atom. The maximum absolute atomic E-state index is 13.3. The molecule has 0 fully saturated rings. The zero-order chi connectivity index (χ0) is 17.6. The minimum atomic E-state index is 0.0475. The number of hydrogen-bond acceptors (Lipinski definition) is 3. The normalized spacial score (nSPS) is 11.8. The number of aromatic nitrogens is 2. The number of pyridine rings is 2. The number of hydrogen-bond donors (Lipinski definition) is 0. The molecule has 0 radical (unpaired) electrons. The van der Waals surface area contributed by atoms with Crippen LogP contribution in [0.5, 0.6) is 0 Å². The van der Waals surface area contributed by atoms with Crippen LogP contribution in [-0.2, 0) is 6.54 Å². The molecule has 2 heterocycles. The Bertz CT molecular complexity index is 1160. The summed E-state index contributed by atoms with van der Waals surface area (Å²) in [5.41, 5.74) is 2.76. The first kappa shape index (κ1) is 15.8. The molecular weight excluding hydrogens is 310 g/mol. The van der Waals surface area contributed by atoms with Crippen LogP contribution in [0.3, 0.4) is 0 Å². The molecule has 25 heavy (non-hydrogen) atoms. The number of rotatable bonds is 3. The quantitative estimate of drug-likeness (QED) is 0.539. The van der Waals surface area contributed by atoms with Crippen molar-refractivity contribution in [3.63, 3.8) is 0 Å². The predicted octanol–water partition coefficient (Wildman–Crippen LogP) is 3.57. The highest BCUT2D eigenvalue weighted by Crippen LogP contribution is 2.30. The van der Waals surface area contributed by atoms with Gasteiger partial charge in [-0.15, -0.1) is 0 Å². The third-order valence-corrected chi connectivity index (χ3v) is 4.77. The van der Waals surface area contributed by atoms with Gasteiger partial charge in [-0.3, -0.25) is 9.78 Å². The Morgan fingerprint density at radius 3 is 2.40 bits per heavy atom. The first-order chi connectivity index (χ1) is 12.1. The minimum Gasteiger partial charge on any atom is -0.308 e. The van der Waals surface area contributed by atoms with Crippen molar-refractivity contribution < 1.29 is 0 Å². The fourth-order valence-electron chi connectivity index (χ4n) is 3.56. The molecule has 0 saturated heterocycles. The Morgan fingerprint density at radius 1 is 0.960 bits per heavy atom. The van der Waals surface area contributed by atoms with Gasteiger partial charge < -0.3 is 9.47 Å². The molecule has 2 aromatic heterocycles. The third kappa shape index (κ3) is 2.50. The average Bonchev–Trinajstić information content (AvgIpc) is 2.60. The Balaban J connectivity index is 2.22. The molecule has 126 valence electrons. The van der Waals surface area contributed by atoms with Gasteiger partial charge in [-0.1, -0.05) is 36.4 Å². The van der Waals surface area contributed by atoms with Crippen LogP contribution in [0.1, 0.15) is 5.69 Å². The summed E-state index contributed by atoms with van der Waals surface area (Å²) in [7, 11) is 4.04. The molecule has 0 amide bonds. The van der Waals surface area contributed by atoms with E-state index < -0.39 is 0 Å². The van der Waals surface area contributed by atoms with Gasteiger partial charge in [-0.25, -0.2) is 0 Å². The van der Waals surface area contributed by atoms with Crippen molar-refractivity contribution >= 4 is 32.6 Å². The summed E-state index contributed by atoms with van der Waals surface area (Å²) in [6.45, 7) is 3.41. The van der Waals surface area contributed by atoms with Gasteiger partial charge in [0.15, 0.2) is 0 Å². The summed E-state index contributed by atoms with van der Waals surface area (Å²) in [5.74, 6) is 0. The second-order valence-corrected chi connectivity index (χ2v) is 6.74. The van der Waals surface area contributed by atoms with Crippen LogP contribution in [0.25, 0.3) is 32.6 Å².